The minimum absolute atomic E-state index is 0.801. The lowest BCUT2D eigenvalue weighted by molar-refractivity contribution is 0.434. The molecule has 0 aliphatic heterocycles. The molecule has 0 aliphatic rings. The average Bonchev–Trinajstić information content (AvgIpc) is 2.83. The molecule has 0 spiro atoms. The summed E-state index contributed by atoms with van der Waals surface area (Å²) in [5.74, 6) is 0.801. The number of nitrogens with zero attached hydrogens (tertiary/aromatic N) is 2. The van der Waals surface area contributed by atoms with Crippen LogP contribution in [0.4, 0.5) is 0 Å². The molecule has 3 aromatic rings. The molecule has 0 amide bonds. The first-order chi connectivity index (χ1) is 8.86. The van der Waals surface area contributed by atoms with Gasteiger partial charge in [0.1, 0.15) is 5.69 Å². The lowest BCUT2D eigenvalue weighted by Gasteiger charge is -1.96. The van der Waals surface area contributed by atoms with Crippen LogP contribution < -0.4 is 0 Å². The standard InChI is InChI=1S/C14H9IN2O/c15-12-13(11-7-4-8-16-9-11)17-18-14(12)10-5-2-1-3-6-10/h1-9H. The van der Waals surface area contributed by atoms with Crippen molar-refractivity contribution < 1.29 is 4.52 Å². The Hall–Kier alpha value is -1.69. The van der Waals surface area contributed by atoms with Crippen LogP contribution in [0.5, 0.6) is 0 Å². The summed E-state index contributed by atoms with van der Waals surface area (Å²) in [5, 5.41) is 4.14. The number of rotatable bonds is 2. The van der Waals surface area contributed by atoms with Gasteiger partial charge in [-0.3, -0.25) is 4.98 Å². The van der Waals surface area contributed by atoms with E-state index in [-0.39, 0.29) is 0 Å². The number of pyridine rings is 1. The Bertz CT molecular complexity index is 593. The summed E-state index contributed by atoms with van der Waals surface area (Å²) in [4.78, 5) is 4.10. The van der Waals surface area contributed by atoms with Gasteiger partial charge >= 0.3 is 0 Å². The molecule has 0 saturated heterocycles. The molecular weight excluding hydrogens is 339 g/mol. The van der Waals surface area contributed by atoms with Gasteiger partial charge in [-0.15, -0.1) is 0 Å². The van der Waals surface area contributed by atoms with Crippen molar-refractivity contribution in [3.63, 3.8) is 0 Å². The first-order valence-corrected chi connectivity index (χ1v) is 6.55. The predicted molar refractivity (Wildman–Crippen MR) is 77.9 cm³/mol. The van der Waals surface area contributed by atoms with Gasteiger partial charge in [0.2, 0.25) is 0 Å². The Morgan fingerprint density at radius 2 is 1.72 bits per heavy atom. The molecule has 88 valence electrons. The molecule has 0 saturated carbocycles. The molecule has 0 aliphatic carbocycles. The van der Waals surface area contributed by atoms with E-state index in [0.29, 0.717) is 0 Å². The third-order valence-corrected chi connectivity index (χ3v) is 3.61. The lowest BCUT2D eigenvalue weighted by atomic mass is 10.1. The largest absolute Gasteiger partial charge is 0.354 e. The monoisotopic (exact) mass is 348 g/mol. The van der Waals surface area contributed by atoms with Crippen molar-refractivity contribution in [1.82, 2.24) is 10.1 Å². The maximum absolute atomic E-state index is 5.45. The highest BCUT2D eigenvalue weighted by Gasteiger charge is 2.16. The fourth-order valence-electron chi connectivity index (χ4n) is 1.73. The highest BCUT2D eigenvalue weighted by Crippen LogP contribution is 2.32. The minimum Gasteiger partial charge on any atom is -0.354 e. The fraction of sp³-hybridized carbons (Fsp3) is 0. The molecule has 1 aromatic carbocycles. The van der Waals surface area contributed by atoms with Crippen LogP contribution in [0.2, 0.25) is 0 Å². The summed E-state index contributed by atoms with van der Waals surface area (Å²) in [6, 6.07) is 13.8. The van der Waals surface area contributed by atoms with Crippen LogP contribution in [-0.2, 0) is 0 Å². The van der Waals surface area contributed by atoms with Gasteiger partial charge in [0, 0.05) is 23.5 Å². The van der Waals surface area contributed by atoms with E-state index in [2.05, 4.69) is 32.7 Å². The van der Waals surface area contributed by atoms with Crippen molar-refractivity contribution >= 4 is 22.6 Å². The average molecular weight is 348 g/mol. The third kappa shape index (κ3) is 2.03. The van der Waals surface area contributed by atoms with Crippen molar-refractivity contribution in [1.29, 1.82) is 0 Å². The summed E-state index contributed by atoms with van der Waals surface area (Å²) in [7, 11) is 0. The molecule has 3 rings (SSSR count). The van der Waals surface area contributed by atoms with Gasteiger partial charge in [0.15, 0.2) is 5.76 Å². The lowest BCUT2D eigenvalue weighted by Crippen LogP contribution is -1.82. The third-order valence-electron chi connectivity index (χ3n) is 2.61. The van der Waals surface area contributed by atoms with E-state index in [4.69, 9.17) is 4.52 Å². The van der Waals surface area contributed by atoms with E-state index in [1.807, 2.05) is 42.5 Å². The zero-order chi connectivity index (χ0) is 12.4. The summed E-state index contributed by atoms with van der Waals surface area (Å²) in [6.07, 6.45) is 3.53. The summed E-state index contributed by atoms with van der Waals surface area (Å²) in [6.45, 7) is 0. The van der Waals surface area contributed by atoms with Crippen LogP contribution in [0.1, 0.15) is 0 Å². The molecule has 0 unspecified atom stereocenters. The van der Waals surface area contributed by atoms with E-state index in [0.717, 1.165) is 26.2 Å². The predicted octanol–water partition coefficient (Wildman–Crippen LogP) is 4.01. The molecule has 2 aromatic heterocycles. The highest BCUT2D eigenvalue weighted by atomic mass is 127. The highest BCUT2D eigenvalue weighted by molar-refractivity contribution is 14.1. The summed E-state index contributed by atoms with van der Waals surface area (Å²) in [5.41, 5.74) is 2.83. The molecule has 18 heavy (non-hydrogen) atoms. The smallest absolute Gasteiger partial charge is 0.180 e. The Balaban J connectivity index is 2.09. The summed E-state index contributed by atoms with van der Waals surface area (Å²) >= 11 is 2.26. The molecule has 3 nitrogen and oxygen atoms in total. The first kappa shape index (κ1) is 11.4. The van der Waals surface area contributed by atoms with Gasteiger partial charge in [-0.2, -0.15) is 0 Å². The zero-order valence-corrected chi connectivity index (χ0v) is 11.5. The van der Waals surface area contributed by atoms with Crippen molar-refractivity contribution in [3.05, 3.63) is 58.4 Å². The van der Waals surface area contributed by atoms with Gasteiger partial charge in [-0.05, 0) is 34.7 Å². The second-order valence-electron chi connectivity index (χ2n) is 3.78. The Kier molecular flexibility index (Phi) is 3.10. The minimum atomic E-state index is 0.801. The second-order valence-corrected chi connectivity index (χ2v) is 4.86. The topological polar surface area (TPSA) is 38.9 Å². The SMILES string of the molecule is Ic1c(-c2cccnc2)noc1-c1ccccc1. The van der Waals surface area contributed by atoms with E-state index >= 15 is 0 Å². The summed E-state index contributed by atoms with van der Waals surface area (Å²) < 4.78 is 6.46. The molecular formula is C14H9IN2O. The Morgan fingerprint density at radius 1 is 0.944 bits per heavy atom. The van der Waals surface area contributed by atoms with Gasteiger partial charge in [-0.25, -0.2) is 0 Å². The van der Waals surface area contributed by atoms with Crippen molar-refractivity contribution in [2.24, 2.45) is 0 Å². The van der Waals surface area contributed by atoms with Crippen molar-refractivity contribution in [2.45, 2.75) is 0 Å². The van der Waals surface area contributed by atoms with Crippen LogP contribution in [0.15, 0.2) is 59.4 Å². The molecule has 0 N–H and O–H groups in total. The molecule has 4 heteroatoms. The number of halogens is 1. The van der Waals surface area contributed by atoms with E-state index in [1.54, 1.807) is 12.4 Å². The number of benzene rings is 1. The van der Waals surface area contributed by atoms with Crippen LogP contribution in [0, 0.1) is 3.57 Å². The Morgan fingerprint density at radius 3 is 2.44 bits per heavy atom. The van der Waals surface area contributed by atoms with Crippen molar-refractivity contribution in [2.75, 3.05) is 0 Å². The van der Waals surface area contributed by atoms with E-state index < -0.39 is 0 Å². The quantitative estimate of drug-likeness (QED) is 0.657. The maximum Gasteiger partial charge on any atom is 0.180 e. The Labute approximate surface area is 118 Å². The van der Waals surface area contributed by atoms with Crippen LogP contribution in [0.25, 0.3) is 22.6 Å². The normalized spacial score (nSPS) is 10.5. The fourth-order valence-corrected chi connectivity index (χ4v) is 2.55. The number of aromatic nitrogens is 2. The molecule has 0 bridgehead atoms. The molecule has 0 atom stereocenters. The maximum atomic E-state index is 5.45. The van der Waals surface area contributed by atoms with Crippen LogP contribution in [-0.4, -0.2) is 10.1 Å². The molecule has 0 fully saturated rings. The molecule has 0 radical (unpaired) electrons. The van der Waals surface area contributed by atoms with Gasteiger partial charge in [0.25, 0.3) is 0 Å². The number of hydrogen-bond donors (Lipinski definition) is 0. The number of hydrogen-bond acceptors (Lipinski definition) is 3. The first-order valence-electron chi connectivity index (χ1n) is 5.47. The van der Waals surface area contributed by atoms with Gasteiger partial charge in [-0.1, -0.05) is 35.5 Å². The van der Waals surface area contributed by atoms with Crippen molar-refractivity contribution in [3.8, 4) is 22.6 Å². The van der Waals surface area contributed by atoms with Gasteiger partial charge < -0.3 is 4.52 Å². The van der Waals surface area contributed by atoms with Crippen LogP contribution >= 0.6 is 22.6 Å². The molecule has 2 heterocycles. The van der Waals surface area contributed by atoms with Crippen LogP contribution in [0.3, 0.4) is 0 Å². The van der Waals surface area contributed by atoms with Gasteiger partial charge in [0.05, 0.1) is 3.57 Å². The van der Waals surface area contributed by atoms with E-state index in [1.165, 1.54) is 0 Å². The zero-order valence-electron chi connectivity index (χ0n) is 9.38. The van der Waals surface area contributed by atoms with E-state index in [9.17, 15) is 0 Å². The second kappa shape index (κ2) is 4.89.